The van der Waals surface area contributed by atoms with Gasteiger partial charge in [-0.05, 0) is 61.7 Å². The van der Waals surface area contributed by atoms with Crippen LogP contribution < -0.4 is 5.32 Å². The summed E-state index contributed by atoms with van der Waals surface area (Å²) < 4.78 is 1.84. The van der Waals surface area contributed by atoms with E-state index in [4.69, 9.17) is 5.10 Å². The molecule has 0 spiro atoms. The van der Waals surface area contributed by atoms with Gasteiger partial charge in [0.2, 0.25) is 0 Å². The number of aromatic nitrogens is 2. The van der Waals surface area contributed by atoms with E-state index >= 15 is 0 Å². The molecule has 0 fully saturated rings. The van der Waals surface area contributed by atoms with E-state index < -0.39 is 0 Å². The van der Waals surface area contributed by atoms with Gasteiger partial charge in [-0.15, -0.1) is 0 Å². The molecular formula is C31H27N3O. The molecule has 1 aromatic heterocycles. The van der Waals surface area contributed by atoms with Crippen LogP contribution in [0.1, 0.15) is 27.2 Å². The summed E-state index contributed by atoms with van der Waals surface area (Å²) in [6.07, 6.45) is 0. The second-order valence-electron chi connectivity index (χ2n) is 8.88. The van der Waals surface area contributed by atoms with Gasteiger partial charge in [0.05, 0.1) is 11.4 Å². The Hall–Kier alpha value is -4.44. The molecule has 4 heteroatoms. The quantitative estimate of drug-likeness (QED) is 0.299. The zero-order valence-electron chi connectivity index (χ0n) is 20.1. The molecule has 0 radical (unpaired) electrons. The van der Waals surface area contributed by atoms with Gasteiger partial charge in [0, 0.05) is 11.3 Å². The molecule has 1 amide bonds. The standard InChI is InChI=1S/C31H27N3O/c1-21-9-16-27(17-10-21)34-30(26-14-12-25(13-15-26)24-7-5-4-6-8-24)20-29(33-34)31(35)32-28-18-11-22(2)19-23(28)3/h4-20H,1-3H3,(H,32,35). The molecular weight excluding hydrogens is 430 g/mol. The van der Waals surface area contributed by atoms with Crippen LogP contribution in [0.4, 0.5) is 5.69 Å². The van der Waals surface area contributed by atoms with Gasteiger partial charge in [-0.3, -0.25) is 4.79 Å². The molecule has 4 aromatic carbocycles. The maximum atomic E-state index is 13.2. The summed E-state index contributed by atoms with van der Waals surface area (Å²) in [4.78, 5) is 13.2. The molecule has 0 aliphatic rings. The van der Waals surface area contributed by atoms with Crippen molar-refractivity contribution in [3.8, 4) is 28.1 Å². The SMILES string of the molecule is Cc1ccc(-n2nc(C(=O)Nc3ccc(C)cc3C)cc2-c2ccc(-c3ccccc3)cc2)cc1. The Kier molecular flexibility index (Phi) is 6.02. The van der Waals surface area contributed by atoms with Gasteiger partial charge in [-0.2, -0.15) is 5.10 Å². The van der Waals surface area contributed by atoms with Crippen molar-refractivity contribution >= 4 is 11.6 Å². The van der Waals surface area contributed by atoms with E-state index in [1.54, 1.807) is 0 Å². The molecule has 0 aliphatic carbocycles. The van der Waals surface area contributed by atoms with Crippen LogP contribution in [-0.2, 0) is 0 Å². The van der Waals surface area contributed by atoms with Gasteiger partial charge >= 0.3 is 0 Å². The minimum absolute atomic E-state index is 0.232. The van der Waals surface area contributed by atoms with E-state index in [-0.39, 0.29) is 5.91 Å². The van der Waals surface area contributed by atoms with Gasteiger partial charge in [0.1, 0.15) is 0 Å². The Labute approximate surface area is 205 Å². The molecule has 5 aromatic rings. The number of rotatable bonds is 5. The molecule has 1 heterocycles. The number of hydrogen-bond acceptors (Lipinski definition) is 2. The summed E-state index contributed by atoms with van der Waals surface area (Å²) in [5, 5.41) is 7.74. The van der Waals surface area contributed by atoms with Gasteiger partial charge in [0.15, 0.2) is 5.69 Å². The Morgan fingerprint density at radius 2 is 1.31 bits per heavy atom. The van der Waals surface area contributed by atoms with Crippen molar-refractivity contribution in [1.82, 2.24) is 9.78 Å². The number of amides is 1. The zero-order valence-corrected chi connectivity index (χ0v) is 20.1. The summed E-state index contributed by atoms with van der Waals surface area (Å²) in [7, 11) is 0. The van der Waals surface area contributed by atoms with Gasteiger partial charge in [0.25, 0.3) is 5.91 Å². The normalized spacial score (nSPS) is 10.8. The maximum Gasteiger partial charge on any atom is 0.276 e. The summed E-state index contributed by atoms with van der Waals surface area (Å²) in [6, 6.07) is 34.6. The lowest BCUT2D eigenvalue weighted by Gasteiger charge is -2.09. The van der Waals surface area contributed by atoms with Gasteiger partial charge < -0.3 is 5.32 Å². The predicted molar refractivity (Wildman–Crippen MR) is 143 cm³/mol. The topological polar surface area (TPSA) is 46.9 Å². The molecule has 0 saturated heterocycles. The highest BCUT2D eigenvalue weighted by Crippen LogP contribution is 2.28. The van der Waals surface area contributed by atoms with Crippen LogP contribution in [0.25, 0.3) is 28.1 Å². The van der Waals surface area contributed by atoms with E-state index in [1.807, 2.05) is 67.1 Å². The number of anilines is 1. The molecule has 35 heavy (non-hydrogen) atoms. The molecule has 0 unspecified atom stereocenters. The number of carbonyl (C=O) groups is 1. The van der Waals surface area contributed by atoms with Gasteiger partial charge in [-0.1, -0.05) is 90.0 Å². The molecule has 0 aliphatic heterocycles. The smallest absolute Gasteiger partial charge is 0.276 e. The van der Waals surface area contributed by atoms with Crippen molar-refractivity contribution in [3.63, 3.8) is 0 Å². The number of benzene rings is 4. The van der Waals surface area contributed by atoms with Crippen molar-refractivity contribution in [2.24, 2.45) is 0 Å². The Balaban J connectivity index is 1.53. The summed E-state index contributed by atoms with van der Waals surface area (Å²) in [5.74, 6) is -0.232. The predicted octanol–water partition coefficient (Wildman–Crippen LogP) is 7.38. The monoisotopic (exact) mass is 457 g/mol. The first kappa shape index (κ1) is 22.4. The van der Waals surface area contributed by atoms with Crippen molar-refractivity contribution in [2.45, 2.75) is 20.8 Å². The fourth-order valence-corrected chi connectivity index (χ4v) is 4.18. The highest BCUT2D eigenvalue weighted by molar-refractivity contribution is 6.04. The average Bonchev–Trinajstić information content (AvgIpc) is 3.32. The van der Waals surface area contributed by atoms with Crippen LogP contribution in [0.2, 0.25) is 0 Å². The minimum atomic E-state index is -0.232. The molecule has 4 nitrogen and oxygen atoms in total. The highest BCUT2D eigenvalue weighted by atomic mass is 16.2. The van der Waals surface area contributed by atoms with Crippen molar-refractivity contribution in [3.05, 3.63) is 126 Å². The van der Waals surface area contributed by atoms with Crippen molar-refractivity contribution in [2.75, 3.05) is 5.32 Å². The second-order valence-corrected chi connectivity index (χ2v) is 8.88. The highest BCUT2D eigenvalue weighted by Gasteiger charge is 2.18. The molecule has 0 bridgehead atoms. The lowest BCUT2D eigenvalue weighted by Crippen LogP contribution is -2.14. The van der Waals surface area contributed by atoms with Crippen molar-refractivity contribution < 1.29 is 4.79 Å². The van der Waals surface area contributed by atoms with E-state index in [2.05, 4.69) is 66.8 Å². The minimum Gasteiger partial charge on any atom is -0.320 e. The number of aryl methyl sites for hydroxylation is 3. The largest absolute Gasteiger partial charge is 0.320 e. The van der Waals surface area contributed by atoms with E-state index in [0.717, 1.165) is 39.3 Å². The van der Waals surface area contributed by atoms with Crippen LogP contribution >= 0.6 is 0 Å². The van der Waals surface area contributed by atoms with Crippen LogP contribution in [-0.4, -0.2) is 15.7 Å². The number of nitrogens with one attached hydrogen (secondary N) is 1. The van der Waals surface area contributed by atoms with E-state index in [1.165, 1.54) is 11.1 Å². The summed E-state index contributed by atoms with van der Waals surface area (Å²) >= 11 is 0. The molecule has 5 rings (SSSR count). The fourth-order valence-electron chi connectivity index (χ4n) is 4.18. The number of carbonyl (C=O) groups excluding carboxylic acids is 1. The third-order valence-corrected chi connectivity index (χ3v) is 6.14. The van der Waals surface area contributed by atoms with Crippen LogP contribution in [0.15, 0.2) is 103 Å². The summed E-state index contributed by atoms with van der Waals surface area (Å²) in [6.45, 7) is 6.09. The fraction of sp³-hybridized carbons (Fsp3) is 0.0968. The Morgan fingerprint density at radius 1 is 0.686 bits per heavy atom. The average molecular weight is 458 g/mol. The molecule has 0 saturated carbocycles. The Bertz CT molecular complexity index is 1480. The van der Waals surface area contributed by atoms with Crippen LogP contribution in [0.3, 0.4) is 0 Å². The lowest BCUT2D eigenvalue weighted by atomic mass is 10.0. The Morgan fingerprint density at radius 3 is 2.00 bits per heavy atom. The van der Waals surface area contributed by atoms with Gasteiger partial charge in [-0.25, -0.2) is 4.68 Å². The number of nitrogens with zero attached hydrogens (tertiary/aromatic N) is 2. The first-order chi connectivity index (χ1) is 17.0. The second kappa shape index (κ2) is 9.43. The first-order valence-electron chi connectivity index (χ1n) is 11.7. The third-order valence-electron chi connectivity index (χ3n) is 6.14. The third kappa shape index (κ3) is 4.78. The lowest BCUT2D eigenvalue weighted by molar-refractivity contribution is 0.102. The van der Waals surface area contributed by atoms with E-state index in [0.29, 0.717) is 5.69 Å². The molecule has 1 N–H and O–H groups in total. The van der Waals surface area contributed by atoms with Crippen molar-refractivity contribution in [1.29, 1.82) is 0 Å². The first-order valence-corrected chi connectivity index (χ1v) is 11.7. The van der Waals surface area contributed by atoms with Crippen LogP contribution in [0, 0.1) is 20.8 Å². The molecule has 172 valence electrons. The van der Waals surface area contributed by atoms with E-state index in [9.17, 15) is 4.79 Å². The molecule has 0 atom stereocenters. The zero-order chi connectivity index (χ0) is 24.4. The van der Waals surface area contributed by atoms with Crippen LogP contribution in [0.5, 0.6) is 0 Å². The maximum absolute atomic E-state index is 13.2. The number of hydrogen-bond donors (Lipinski definition) is 1. The summed E-state index contributed by atoms with van der Waals surface area (Å²) in [5.41, 5.74) is 9.57.